The van der Waals surface area contributed by atoms with Crippen LogP contribution >= 0.6 is 0 Å². The summed E-state index contributed by atoms with van der Waals surface area (Å²) in [5.74, 6) is -0.468. The van der Waals surface area contributed by atoms with Crippen LogP contribution in [0, 0.1) is 5.82 Å². The molecule has 1 aliphatic rings. The lowest BCUT2D eigenvalue weighted by Gasteiger charge is -2.33. The van der Waals surface area contributed by atoms with E-state index in [-0.39, 0.29) is 11.7 Å². The highest BCUT2D eigenvalue weighted by Crippen LogP contribution is 2.34. The average Bonchev–Trinajstić information content (AvgIpc) is 3.05. The lowest BCUT2D eigenvalue weighted by atomic mass is 9.91. The molecule has 5 nitrogen and oxygen atoms in total. The number of nitrogens with zero attached hydrogens (tertiary/aromatic N) is 2. The first-order valence-electron chi connectivity index (χ1n) is 8.31. The Hall–Kier alpha value is -2.89. The number of halogens is 1. The number of primary amides is 1. The van der Waals surface area contributed by atoms with Gasteiger partial charge >= 0.3 is 0 Å². The van der Waals surface area contributed by atoms with Gasteiger partial charge in [-0.25, -0.2) is 4.39 Å². The monoisotopic (exact) mass is 339 g/mol. The van der Waals surface area contributed by atoms with Crippen LogP contribution < -0.4 is 10.6 Å². The van der Waals surface area contributed by atoms with Crippen LogP contribution in [0.5, 0.6) is 0 Å². The number of fused-ring (bicyclic) bond motifs is 1. The Morgan fingerprint density at radius 3 is 2.76 bits per heavy atom. The number of rotatable bonds is 3. The zero-order valence-corrected chi connectivity index (χ0v) is 13.6. The second-order valence-electron chi connectivity index (χ2n) is 6.38. The number of anilines is 1. The molecule has 2 heterocycles. The van der Waals surface area contributed by atoms with Crippen molar-refractivity contribution >= 4 is 22.6 Å². The molecule has 2 aromatic carbocycles. The van der Waals surface area contributed by atoms with Crippen LogP contribution in [0.2, 0.25) is 0 Å². The molecular formula is C19H18FN3O2. The standard InChI is InChI=1S/C19H18FN3O2/c20-14-4-5-17-16(11-14)18(22-25-17)12-6-8-23(9-7-12)15-3-1-2-13(10-15)19(21)24/h1-5,10-12H,6-9H2,(H2,21,24). The fraction of sp³-hybridized carbons (Fsp3) is 0.263. The summed E-state index contributed by atoms with van der Waals surface area (Å²) in [6.45, 7) is 1.66. The summed E-state index contributed by atoms with van der Waals surface area (Å²) < 4.78 is 18.9. The number of piperidine rings is 1. The van der Waals surface area contributed by atoms with Crippen LogP contribution in [0.4, 0.5) is 10.1 Å². The van der Waals surface area contributed by atoms with Gasteiger partial charge in [0, 0.05) is 35.6 Å². The molecule has 4 rings (SSSR count). The Bertz CT molecular complexity index is 929. The largest absolute Gasteiger partial charge is 0.371 e. The van der Waals surface area contributed by atoms with Crippen molar-refractivity contribution in [2.24, 2.45) is 5.73 Å². The summed E-state index contributed by atoms with van der Waals surface area (Å²) in [5, 5.41) is 4.93. The molecule has 0 spiro atoms. The molecule has 1 aliphatic heterocycles. The van der Waals surface area contributed by atoms with Crippen LogP contribution in [-0.2, 0) is 0 Å². The van der Waals surface area contributed by atoms with Crippen LogP contribution in [0.3, 0.4) is 0 Å². The Kier molecular flexibility index (Phi) is 3.87. The average molecular weight is 339 g/mol. The van der Waals surface area contributed by atoms with E-state index < -0.39 is 5.91 Å². The molecular weight excluding hydrogens is 321 g/mol. The van der Waals surface area contributed by atoms with Crippen LogP contribution in [0.25, 0.3) is 11.0 Å². The summed E-state index contributed by atoms with van der Waals surface area (Å²) in [4.78, 5) is 13.6. The van der Waals surface area contributed by atoms with Gasteiger partial charge in [-0.05, 0) is 49.2 Å². The van der Waals surface area contributed by atoms with Gasteiger partial charge in [-0.3, -0.25) is 4.79 Å². The van der Waals surface area contributed by atoms with E-state index in [0.717, 1.165) is 42.7 Å². The van der Waals surface area contributed by atoms with Crippen molar-refractivity contribution in [2.45, 2.75) is 18.8 Å². The van der Waals surface area contributed by atoms with Crippen LogP contribution in [0.15, 0.2) is 47.0 Å². The molecule has 128 valence electrons. The molecule has 1 amide bonds. The van der Waals surface area contributed by atoms with Crippen molar-refractivity contribution in [3.8, 4) is 0 Å². The highest BCUT2D eigenvalue weighted by Gasteiger charge is 2.25. The summed E-state index contributed by atoms with van der Waals surface area (Å²) in [6.07, 6.45) is 1.78. The number of benzene rings is 2. The molecule has 0 atom stereocenters. The predicted octanol–water partition coefficient (Wildman–Crippen LogP) is 3.45. The molecule has 3 aromatic rings. The molecule has 0 aliphatic carbocycles. The Morgan fingerprint density at radius 2 is 2.00 bits per heavy atom. The van der Waals surface area contributed by atoms with Crippen molar-refractivity contribution in [3.63, 3.8) is 0 Å². The second-order valence-corrected chi connectivity index (χ2v) is 6.38. The highest BCUT2D eigenvalue weighted by molar-refractivity contribution is 5.93. The summed E-state index contributed by atoms with van der Waals surface area (Å²) in [6, 6.07) is 11.8. The lowest BCUT2D eigenvalue weighted by molar-refractivity contribution is 0.100. The van der Waals surface area contributed by atoms with Crippen molar-refractivity contribution in [1.29, 1.82) is 0 Å². The van der Waals surface area contributed by atoms with Gasteiger partial charge in [0.1, 0.15) is 5.82 Å². The third-order valence-electron chi connectivity index (χ3n) is 4.84. The maximum absolute atomic E-state index is 13.5. The summed E-state index contributed by atoms with van der Waals surface area (Å²) in [5.41, 5.74) is 8.31. The minimum Gasteiger partial charge on any atom is -0.371 e. The maximum Gasteiger partial charge on any atom is 0.248 e. The molecule has 0 radical (unpaired) electrons. The zero-order chi connectivity index (χ0) is 17.4. The quantitative estimate of drug-likeness (QED) is 0.793. The smallest absolute Gasteiger partial charge is 0.248 e. The van der Waals surface area contributed by atoms with Crippen molar-refractivity contribution < 1.29 is 13.7 Å². The first-order chi connectivity index (χ1) is 12.1. The van der Waals surface area contributed by atoms with Gasteiger partial charge in [0.05, 0.1) is 5.69 Å². The minimum atomic E-state index is -0.423. The molecule has 1 fully saturated rings. The number of hydrogen-bond donors (Lipinski definition) is 1. The molecule has 25 heavy (non-hydrogen) atoms. The van der Waals surface area contributed by atoms with Gasteiger partial charge in [-0.15, -0.1) is 0 Å². The molecule has 1 aromatic heterocycles. The van der Waals surface area contributed by atoms with Gasteiger partial charge in [0.25, 0.3) is 0 Å². The van der Waals surface area contributed by atoms with E-state index in [2.05, 4.69) is 10.1 Å². The van der Waals surface area contributed by atoms with Gasteiger partial charge in [0.2, 0.25) is 5.91 Å². The Labute approximate surface area is 144 Å². The van der Waals surface area contributed by atoms with Gasteiger partial charge in [-0.1, -0.05) is 11.2 Å². The third-order valence-corrected chi connectivity index (χ3v) is 4.84. The van der Waals surface area contributed by atoms with Crippen LogP contribution in [-0.4, -0.2) is 24.2 Å². The number of hydrogen-bond acceptors (Lipinski definition) is 4. The molecule has 0 bridgehead atoms. The number of nitrogens with two attached hydrogens (primary N) is 1. The molecule has 2 N–H and O–H groups in total. The fourth-order valence-corrected chi connectivity index (χ4v) is 3.49. The van der Waals surface area contributed by atoms with E-state index in [1.54, 1.807) is 12.1 Å². The van der Waals surface area contributed by atoms with Crippen LogP contribution in [0.1, 0.15) is 34.8 Å². The highest BCUT2D eigenvalue weighted by atomic mass is 19.1. The lowest BCUT2D eigenvalue weighted by Crippen LogP contribution is -2.33. The van der Waals surface area contributed by atoms with E-state index >= 15 is 0 Å². The van der Waals surface area contributed by atoms with Gasteiger partial charge in [-0.2, -0.15) is 0 Å². The SMILES string of the molecule is NC(=O)c1cccc(N2CCC(c3noc4ccc(F)cc34)CC2)c1. The van der Waals surface area contributed by atoms with Gasteiger partial charge in [0.15, 0.2) is 5.58 Å². The van der Waals surface area contributed by atoms with Crippen molar-refractivity contribution in [1.82, 2.24) is 5.16 Å². The predicted molar refractivity (Wildman–Crippen MR) is 93.1 cm³/mol. The molecule has 0 saturated carbocycles. The molecule has 0 unspecified atom stereocenters. The number of carbonyl (C=O) groups is 1. The number of amides is 1. The third kappa shape index (κ3) is 2.95. The van der Waals surface area contributed by atoms with E-state index in [1.165, 1.54) is 12.1 Å². The summed E-state index contributed by atoms with van der Waals surface area (Å²) in [7, 11) is 0. The second kappa shape index (κ2) is 6.20. The first-order valence-corrected chi connectivity index (χ1v) is 8.31. The van der Waals surface area contributed by atoms with Crippen molar-refractivity contribution in [3.05, 3.63) is 59.5 Å². The topological polar surface area (TPSA) is 72.4 Å². The van der Waals surface area contributed by atoms with Crippen molar-refractivity contribution in [2.75, 3.05) is 18.0 Å². The number of aromatic nitrogens is 1. The minimum absolute atomic E-state index is 0.235. The van der Waals surface area contributed by atoms with Gasteiger partial charge < -0.3 is 15.2 Å². The Morgan fingerprint density at radius 1 is 1.20 bits per heavy atom. The number of carbonyl (C=O) groups excluding carboxylic acids is 1. The fourth-order valence-electron chi connectivity index (χ4n) is 3.49. The van der Waals surface area contributed by atoms with E-state index in [4.69, 9.17) is 10.3 Å². The van der Waals surface area contributed by atoms with E-state index in [1.807, 2.05) is 18.2 Å². The molecule has 1 saturated heterocycles. The van der Waals surface area contributed by atoms with E-state index in [0.29, 0.717) is 11.1 Å². The summed E-state index contributed by atoms with van der Waals surface area (Å²) >= 11 is 0. The maximum atomic E-state index is 13.5. The first kappa shape index (κ1) is 15.6. The van der Waals surface area contributed by atoms with E-state index in [9.17, 15) is 9.18 Å². The Balaban J connectivity index is 1.52. The molecule has 6 heteroatoms. The normalized spacial score (nSPS) is 15.6. The zero-order valence-electron chi connectivity index (χ0n) is 13.6.